The predicted molar refractivity (Wildman–Crippen MR) is 119 cm³/mol. The molecule has 1 atom stereocenters. The Morgan fingerprint density at radius 3 is 2.31 bits per heavy atom. The zero-order valence-corrected chi connectivity index (χ0v) is 18.2. The van der Waals surface area contributed by atoms with E-state index in [0.717, 1.165) is 0 Å². The molecule has 0 saturated heterocycles. The Kier molecular flexibility index (Phi) is 5.49. The summed E-state index contributed by atoms with van der Waals surface area (Å²) >= 11 is 12.3. The first-order valence-electron chi connectivity index (χ1n) is 8.59. The fourth-order valence-corrected chi connectivity index (χ4v) is 4.46. The molecule has 29 heavy (non-hydrogen) atoms. The molecule has 0 amide bonds. The molecule has 1 aliphatic rings. The molecule has 148 valence electrons. The number of benzene rings is 2. The molecule has 6 nitrogen and oxygen atoms in total. The number of carbonyl (C=O) groups is 1. The normalized spacial score (nSPS) is 19.9. The average molecular weight is 450 g/mol. The second kappa shape index (κ2) is 7.34. The quantitative estimate of drug-likeness (QED) is 0.507. The van der Waals surface area contributed by atoms with Gasteiger partial charge in [0.05, 0.1) is 14.6 Å². The smallest absolute Gasteiger partial charge is 0.304 e. The maximum absolute atomic E-state index is 13.1. The first kappa shape index (κ1) is 21.7. The van der Waals surface area contributed by atoms with Gasteiger partial charge in [0.15, 0.2) is 13.3 Å². The number of Topliss-reactive ketones (excluding diaryl/α,β-unsaturated/α-hetero) is 1. The van der Waals surface area contributed by atoms with Gasteiger partial charge in [-0.25, -0.2) is 0 Å². The molecule has 0 bridgehead atoms. The van der Waals surface area contributed by atoms with Gasteiger partial charge < -0.3 is 14.7 Å². The zero-order valence-electron chi connectivity index (χ0n) is 15.9. The van der Waals surface area contributed by atoms with E-state index in [1.54, 1.807) is 48.5 Å². The zero-order chi connectivity index (χ0) is 21.6. The lowest BCUT2D eigenvalue weighted by Gasteiger charge is -2.26. The molecule has 2 N–H and O–H groups in total. The van der Waals surface area contributed by atoms with Gasteiger partial charge in [-0.2, -0.15) is 8.42 Å². The van der Waals surface area contributed by atoms with Crippen LogP contribution in [0.2, 0.25) is 10.0 Å². The van der Waals surface area contributed by atoms with Crippen molar-refractivity contribution in [1.29, 1.82) is 0 Å². The number of carbonyl (C=O) groups excluding carboxylic acids is 1. The van der Waals surface area contributed by atoms with Crippen LogP contribution in [-0.2, 0) is 33.9 Å². The lowest BCUT2D eigenvalue weighted by molar-refractivity contribution is -0.126. The standard InChI is InChI=1S/C17H16B3Cl2NO5S/c18-16(10-7-4-8-11(21)12(10)22)14(24)13(15(23)27-16)28-29(25,26)17(19,20)9-5-2-1-3-6-9/h1-8H,18-20,23H2/t16-/m0/s1. The molecule has 0 aliphatic carbocycles. The highest BCUT2D eigenvalue weighted by molar-refractivity contribution is 7.90. The van der Waals surface area contributed by atoms with Crippen molar-refractivity contribution in [3.05, 3.63) is 81.3 Å². The minimum absolute atomic E-state index is 0.103. The van der Waals surface area contributed by atoms with Gasteiger partial charge in [0.2, 0.25) is 17.4 Å². The van der Waals surface area contributed by atoms with Crippen molar-refractivity contribution in [2.75, 3.05) is 0 Å². The van der Waals surface area contributed by atoms with Crippen LogP contribution in [0, 0.1) is 0 Å². The number of hydrogen-bond donors (Lipinski definition) is 1. The van der Waals surface area contributed by atoms with E-state index in [0.29, 0.717) is 5.56 Å². The number of halogens is 2. The summed E-state index contributed by atoms with van der Waals surface area (Å²) in [4.78, 5) is 13.1. The maximum atomic E-state index is 13.1. The topological polar surface area (TPSA) is 95.7 Å². The SMILES string of the molecule is BC(B)(c1ccccc1)S(=O)(=O)OC1=C(N)O[C@@](B)(c2cccc(Cl)c2Cl)C1=O. The summed E-state index contributed by atoms with van der Waals surface area (Å²) in [5, 5.41) is 0.319. The van der Waals surface area contributed by atoms with E-state index in [1.807, 2.05) is 0 Å². The Morgan fingerprint density at radius 1 is 1.07 bits per heavy atom. The van der Waals surface area contributed by atoms with E-state index >= 15 is 0 Å². The summed E-state index contributed by atoms with van der Waals surface area (Å²) in [5.74, 6) is -1.81. The van der Waals surface area contributed by atoms with Crippen LogP contribution < -0.4 is 5.73 Å². The highest BCUT2D eigenvalue weighted by atomic mass is 35.5. The molecule has 3 rings (SSSR count). The summed E-state index contributed by atoms with van der Waals surface area (Å²) in [6, 6.07) is 13.2. The highest BCUT2D eigenvalue weighted by Crippen LogP contribution is 2.41. The van der Waals surface area contributed by atoms with E-state index in [1.165, 1.54) is 23.5 Å². The fourth-order valence-electron chi connectivity index (χ4n) is 2.97. The number of ether oxygens (including phenoxy) is 1. The van der Waals surface area contributed by atoms with Crippen molar-refractivity contribution in [3.8, 4) is 0 Å². The molecule has 1 aliphatic heterocycles. The summed E-state index contributed by atoms with van der Waals surface area (Å²) in [6.07, 6.45) is 0. The van der Waals surface area contributed by atoms with Crippen LogP contribution in [0.25, 0.3) is 0 Å². The monoisotopic (exact) mass is 449 g/mol. The van der Waals surface area contributed by atoms with Crippen molar-refractivity contribution in [2.24, 2.45) is 5.73 Å². The van der Waals surface area contributed by atoms with Crippen LogP contribution in [0.3, 0.4) is 0 Å². The molecule has 2 aromatic carbocycles. The van der Waals surface area contributed by atoms with Crippen LogP contribution in [0.1, 0.15) is 11.1 Å². The van der Waals surface area contributed by atoms with E-state index in [-0.39, 0.29) is 15.6 Å². The lowest BCUT2D eigenvalue weighted by atomic mass is 9.65. The number of nitrogens with two attached hydrogens (primary N) is 1. The maximum Gasteiger partial charge on any atom is 0.304 e. The predicted octanol–water partition coefficient (Wildman–Crippen LogP) is -0.0705. The fraction of sp³-hybridized carbons (Fsp3) is 0.118. The molecule has 1 heterocycles. The van der Waals surface area contributed by atoms with Gasteiger partial charge in [-0.1, -0.05) is 65.7 Å². The Balaban J connectivity index is 1.97. The second-order valence-corrected chi connectivity index (χ2v) is 10.1. The molecular weight excluding hydrogens is 434 g/mol. The molecule has 0 fully saturated rings. The number of ketones is 1. The highest BCUT2D eigenvalue weighted by Gasteiger charge is 2.51. The van der Waals surface area contributed by atoms with Gasteiger partial charge in [-0.3, -0.25) is 4.79 Å². The third-order valence-electron chi connectivity index (χ3n) is 4.93. The van der Waals surface area contributed by atoms with E-state index in [9.17, 15) is 13.2 Å². The summed E-state index contributed by atoms with van der Waals surface area (Å²) in [7, 11) is 0.0590. The van der Waals surface area contributed by atoms with Crippen molar-refractivity contribution in [3.63, 3.8) is 0 Å². The molecular formula is C17H16B3Cl2NO5S. The van der Waals surface area contributed by atoms with Crippen LogP contribution in [-0.4, -0.2) is 37.7 Å². The van der Waals surface area contributed by atoms with Gasteiger partial charge in [0.1, 0.15) is 15.7 Å². The van der Waals surface area contributed by atoms with Crippen molar-refractivity contribution < 1.29 is 22.1 Å². The average Bonchev–Trinajstić information content (AvgIpc) is 2.88. The van der Waals surface area contributed by atoms with Crippen LogP contribution in [0.5, 0.6) is 0 Å². The second-order valence-electron chi connectivity index (χ2n) is 7.17. The van der Waals surface area contributed by atoms with Gasteiger partial charge in [-0.15, -0.1) is 0 Å². The molecule has 0 spiro atoms. The minimum Gasteiger partial charge on any atom is -0.467 e. The summed E-state index contributed by atoms with van der Waals surface area (Å²) < 4.78 is 35.3. The first-order chi connectivity index (χ1) is 13.4. The van der Waals surface area contributed by atoms with Gasteiger partial charge in [-0.05, 0) is 11.6 Å². The Hall–Kier alpha value is -2.03. The van der Waals surface area contributed by atoms with Gasteiger partial charge in [0, 0.05) is 5.56 Å². The number of hydrogen-bond acceptors (Lipinski definition) is 6. The van der Waals surface area contributed by atoms with E-state index in [2.05, 4.69) is 0 Å². The number of rotatable bonds is 5. The Morgan fingerprint density at radius 2 is 1.69 bits per heavy atom. The Labute approximate surface area is 181 Å². The van der Waals surface area contributed by atoms with Gasteiger partial charge in [0.25, 0.3) is 0 Å². The molecule has 0 unspecified atom stereocenters. The van der Waals surface area contributed by atoms with Crippen LogP contribution in [0.4, 0.5) is 0 Å². The van der Waals surface area contributed by atoms with E-state index < -0.39 is 37.6 Å². The minimum atomic E-state index is -4.31. The molecule has 0 radical (unpaired) electrons. The van der Waals surface area contributed by atoms with Crippen molar-refractivity contribution in [2.45, 2.75) is 10.0 Å². The third kappa shape index (κ3) is 3.54. The summed E-state index contributed by atoms with van der Waals surface area (Å²) in [5.41, 5.74) is 4.90. The first-order valence-corrected chi connectivity index (χ1v) is 10.8. The molecule has 2 aromatic rings. The van der Waals surface area contributed by atoms with Crippen molar-refractivity contribution >= 4 is 62.6 Å². The third-order valence-corrected chi connectivity index (χ3v) is 7.62. The van der Waals surface area contributed by atoms with Gasteiger partial charge >= 0.3 is 10.1 Å². The van der Waals surface area contributed by atoms with E-state index in [4.69, 9.17) is 37.9 Å². The molecule has 0 saturated carbocycles. The largest absolute Gasteiger partial charge is 0.467 e. The lowest BCUT2D eigenvalue weighted by Crippen LogP contribution is -2.40. The molecule has 0 aromatic heterocycles. The molecule has 12 heteroatoms. The Bertz CT molecular complexity index is 1130. The van der Waals surface area contributed by atoms with Crippen LogP contribution >= 0.6 is 23.2 Å². The van der Waals surface area contributed by atoms with Crippen molar-refractivity contribution in [1.82, 2.24) is 0 Å². The summed E-state index contributed by atoms with van der Waals surface area (Å²) in [6.45, 7) is 0. The van der Waals surface area contributed by atoms with Crippen LogP contribution in [0.15, 0.2) is 60.2 Å².